The van der Waals surface area contributed by atoms with Crippen LogP contribution in [0.15, 0.2) is 54.6 Å². The van der Waals surface area contributed by atoms with Gasteiger partial charge in [0, 0.05) is 75.3 Å². The Bertz CT molecular complexity index is 2100. The van der Waals surface area contributed by atoms with E-state index in [1.54, 1.807) is 24.3 Å². The van der Waals surface area contributed by atoms with Gasteiger partial charge in [0.15, 0.2) is 0 Å². The van der Waals surface area contributed by atoms with Crippen LogP contribution in [0.25, 0.3) is 4.85 Å². The number of rotatable bonds is 7. The Labute approximate surface area is 324 Å². The number of piperidine rings is 3. The van der Waals surface area contributed by atoms with Crippen LogP contribution in [0.4, 0.5) is 11.4 Å². The second-order valence-corrected chi connectivity index (χ2v) is 16.2. The average molecular weight is 761 g/mol. The third kappa shape index (κ3) is 6.53. The van der Waals surface area contributed by atoms with Gasteiger partial charge in [0.2, 0.25) is 17.5 Å². The Morgan fingerprint density at radius 1 is 0.855 bits per heavy atom. The Morgan fingerprint density at radius 2 is 1.51 bits per heavy atom. The molecule has 4 saturated heterocycles. The fraction of sp³-hybridized carbons (Fsp3) is 0.429. The first kappa shape index (κ1) is 35.5. The van der Waals surface area contributed by atoms with Crippen LogP contribution in [0, 0.1) is 12.5 Å². The van der Waals surface area contributed by atoms with Crippen molar-refractivity contribution in [3.63, 3.8) is 0 Å². The zero-order valence-electron chi connectivity index (χ0n) is 30.3. The molecule has 12 nitrogen and oxygen atoms in total. The second-order valence-electron chi connectivity index (χ2n) is 15.8. The molecule has 282 valence electrons. The highest BCUT2D eigenvalue weighted by Gasteiger charge is 2.46. The molecule has 13 heteroatoms. The van der Waals surface area contributed by atoms with Crippen LogP contribution in [0.1, 0.15) is 93.6 Å². The van der Waals surface area contributed by atoms with Gasteiger partial charge in [0.05, 0.1) is 22.7 Å². The summed E-state index contributed by atoms with van der Waals surface area (Å²) in [4.78, 5) is 75.5. The molecule has 2 unspecified atom stereocenters. The van der Waals surface area contributed by atoms with Crippen LogP contribution in [0.3, 0.4) is 0 Å². The number of benzene rings is 3. The summed E-state index contributed by atoms with van der Waals surface area (Å²) in [6.45, 7) is 10.8. The minimum Gasteiger partial charge on any atom is -0.490 e. The molecule has 6 heterocycles. The highest BCUT2D eigenvalue weighted by Crippen LogP contribution is 2.41. The number of hydrogen-bond donors (Lipinski definition) is 1. The lowest BCUT2D eigenvalue weighted by atomic mass is 9.95. The fourth-order valence-corrected chi connectivity index (χ4v) is 9.91. The maximum atomic E-state index is 13.6. The largest absolute Gasteiger partial charge is 0.490 e. The molecule has 0 spiro atoms. The second kappa shape index (κ2) is 14.1. The maximum Gasteiger partial charge on any atom is 0.262 e. The van der Waals surface area contributed by atoms with Crippen molar-refractivity contribution in [2.75, 3.05) is 24.5 Å². The summed E-state index contributed by atoms with van der Waals surface area (Å²) >= 11 is 6.24. The smallest absolute Gasteiger partial charge is 0.262 e. The summed E-state index contributed by atoms with van der Waals surface area (Å²) in [6, 6.07) is 16.7. The predicted octanol–water partition coefficient (Wildman–Crippen LogP) is 5.74. The zero-order chi connectivity index (χ0) is 38.0. The number of hydrogen-bond acceptors (Lipinski definition) is 8. The fourth-order valence-electron chi connectivity index (χ4n) is 9.70. The molecule has 6 aliphatic heterocycles. The predicted molar refractivity (Wildman–Crippen MR) is 203 cm³/mol. The Morgan fingerprint density at radius 3 is 2.11 bits per heavy atom. The SMILES string of the molecule is [C-]#[N+]c1ccc(OC2CC3CCC(C2)N3c2ccc(C(=O)N3CCC(CN4Cc5cc6c(cc5C4)C(=O)N([C@H]4CCC(=O)NC4=O)C6=O)CC3)cc2)cc1Cl. The normalized spacial score (nSPS) is 25.2. The first-order valence-corrected chi connectivity index (χ1v) is 19.6. The molecular weight excluding hydrogens is 720 g/mol. The van der Waals surface area contributed by atoms with Gasteiger partial charge in [-0.25, -0.2) is 4.85 Å². The lowest BCUT2D eigenvalue weighted by molar-refractivity contribution is -0.136. The third-order valence-corrected chi connectivity index (χ3v) is 12.7. The van der Waals surface area contributed by atoms with E-state index < -0.39 is 29.7 Å². The molecule has 6 aliphatic rings. The van der Waals surface area contributed by atoms with Gasteiger partial charge in [0.25, 0.3) is 17.7 Å². The lowest BCUT2D eigenvalue weighted by Crippen LogP contribution is -2.54. The summed E-state index contributed by atoms with van der Waals surface area (Å²) in [7, 11) is 0. The van der Waals surface area contributed by atoms with Crippen molar-refractivity contribution in [2.45, 2.75) is 88.7 Å². The molecule has 0 radical (unpaired) electrons. The van der Waals surface area contributed by atoms with Crippen LogP contribution in [-0.4, -0.2) is 88.1 Å². The van der Waals surface area contributed by atoms with Crippen LogP contribution < -0.4 is 15.0 Å². The number of carbonyl (C=O) groups is 5. The van der Waals surface area contributed by atoms with Gasteiger partial charge in [-0.05, 0) is 97.7 Å². The Kier molecular flexibility index (Phi) is 9.10. The van der Waals surface area contributed by atoms with Crippen molar-refractivity contribution in [3.8, 4) is 5.75 Å². The van der Waals surface area contributed by atoms with Crippen molar-refractivity contribution in [2.24, 2.45) is 5.92 Å². The van der Waals surface area contributed by atoms with Gasteiger partial charge in [-0.15, -0.1) is 0 Å². The molecule has 2 bridgehead atoms. The van der Waals surface area contributed by atoms with E-state index in [0.29, 0.717) is 77.3 Å². The van der Waals surface area contributed by atoms with E-state index in [-0.39, 0.29) is 24.9 Å². The molecule has 0 aliphatic carbocycles. The highest BCUT2D eigenvalue weighted by atomic mass is 35.5. The van der Waals surface area contributed by atoms with Crippen molar-refractivity contribution in [1.29, 1.82) is 0 Å². The van der Waals surface area contributed by atoms with Gasteiger partial charge in [0.1, 0.15) is 17.9 Å². The Balaban J connectivity index is 0.760. The number of imide groups is 2. The topological polar surface area (TPSA) is 124 Å². The minimum atomic E-state index is -0.969. The number of nitrogens with zero attached hydrogens (tertiary/aromatic N) is 5. The van der Waals surface area contributed by atoms with E-state index in [4.69, 9.17) is 22.9 Å². The van der Waals surface area contributed by atoms with Crippen molar-refractivity contribution < 1.29 is 28.7 Å². The van der Waals surface area contributed by atoms with Crippen LogP contribution >= 0.6 is 11.6 Å². The lowest BCUT2D eigenvalue weighted by Gasteiger charge is -2.40. The molecule has 0 aromatic heterocycles. The molecule has 0 saturated carbocycles. The van der Waals surface area contributed by atoms with E-state index in [0.717, 1.165) is 66.8 Å². The van der Waals surface area contributed by atoms with E-state index in [2.05, 4.69) is 32.1 Å². The van der Waals surface area contributed by atoms with Crippen LogP contribution in [0.2, 0.25) is 5.02 Å². The molecule has 5 amide bonds. The quantitative estimate of drug-likeness (QED) is 0.239. The highest BCUT2D eigenvalue weighted by molar-refractivity contribution is 6.33. The van der Waals surface area contributed by atoms with Gasteiger partial charge < -0.3 is 14.5 Å². The summed E-state index contributed by atoms with van der Waals surface area (Å²) in [6.07, 6.45) is 6.15. The average Bonchev–Trinajstić information content (AvgIpc) is 3.78. The van der Waals surface area contributed by atoms with Gasteiger partial charge in [-0.3, -0.25) is 39.1 Å². The van der Waals surface area contributed by atoms with E-state index in [1.165, 1.54) is 0 Å². The van der Waals surface area contributed by atoms with Crippen molar-refractivity contribution >= 4 is 52.5 Å². The zero-order valence-corrected chi connectivity index (χ0v) is 31.1. The van der Waals surface area contributed by atoms with Crippen LogP contribution in [-0.2, 0) is 22.7 Å². The molecule has 1 N–H and O–H groups in total. The van der Waals surface area contributed by atoms with E-state index in [9.17, 15) is 24.0 Å². The maximum absolute atomic E-state index is 13.6. The summed E-state index contributed by atoms with van der Waals surface area (Å²) in [5.74, 6) is -0.764. The molecule has 55 heavy (non-hydrogen) atoms. The number of carbonyl (C=O) groups excluding carboxylic acids is 5. The number of fused-ring (bicyclic) bond motifs is 4. The number of ether oxygens (including phenoxy) is 1. The molecule has 3 aromatic rings. The number of likely N-dealkylation sites (tertiary alicyclic amines) is 1. The Hall–Kier alpha value is -5.25. The number of anilines is 1. The number of nitrogens with one attached hydrogen (secondary N) is 1. The molecule has 3 aromatic carbocycles. The molecule has 4 fully saturated rings. The standard InChI is InChI=1S/C42H41ClN6O6/c1-44-36-9-8-31(20-35(36)43)55-32-18-29-6-7-30(19-32)48(29)28-4-2-25(3-5-28)40(52)47-14-12-24(13-15-47)21-46-22-26-16-33-34(17-27(26)23-46)42(54)49(41(33)53)37-10-11-38(50)45-39(37)51/h2-5,8-9,16-17,20,24,29-30,32,37H,6-7,10-15,18-19,21-23H2,(H,45,50,51)/t29?,30?,32?,37-/m0/s1. The van der Waals surface area contributed by atoms with Gasteiger partial charge in [-0.2, -0.15) is 0 Å². The van der Waals surface area contributed by atoms with Crippen molar-refractivity contribution in [1.82, 2.24) is 20.0 Å². The van der Waals surface area contributed by atoms with E-state index in [1.807, 2.05) is 23.1 Å². The molecular formula is C42H41ClN6O6. The summed E-state index contributed by atoms with van der Waals surface area (Å²) in [5.41, 5.74) is 4.95. The van der Waals surface area contributed by atoms with Gasteiger partial charge >= 0.3 is 0 Å². The minimum absolute atomic E-state index is 0.0618. The number of halogens is 1. The van der Waals surface area contributed by atoms with Crippen molar-refractivity contribution in [3.05, 3.63) is 98.9 Å². The monoisotopic (exact) mass is 760 g/mol. The van der Waals surface area contributed by atoms with Crippen LogP contribution in [0.5, 0.6) is 5.75 Å². The number of amides is 5. The molecule has 9 rings (SSSR count). The van der Waals surface area contributed by atoms with Gasteiger partial charge in [-0.1, -0.05) is 17.7 Å². The molecule has 3 atom stereocenters. The first-order valence-electron chi connectivity index (χ1n) is 19.2. The first-order chi connectivity index (χ1) is 26.6. The van der Waals surface area contributed by atoms with E-state index >= 15 is 0 Å². The third-order valence-electron chi connectivity index (χ3n) is 12.4. The summed E-state index contributed by atoms with van der Waals surface area (Å²) < 4.78 is 6.32. The summed E-state index contributed by atoms with van der Waals surface area (Å²) in [5, 5.41) is 2.65.